The van der Waals surface area contributed by atoms with Crippen LogP contribution in [0.25, 0.3) is 0 Å². The molecule has 3 nitrogen and oxygen atoms in total. The molecule has 0 N–H and O–H groups in total. The fraction of sp³-hybridized carbons (Fsp3) is 0.250. The maximum Gasteiger partial charge on any atom is 0.228 e. The molecule has 1 aliphatic carbocycles. The predicted octanol–water partition coefficient (Wildman–Crippen LogP) is 3.07. The Kier molecular flexibility index (Phi) is 2.30. The molecule has 2 aliphatic rings. The number of benzene rings is 1. The third kappa shape index (κ3) is 1.51. The average molecular weight is 254 g/mol. The number of Topliss-reactive ketones (excluding diaryl/α,β-unsaturated/α-hetero) is 2. The van der Waals surface area contributed by atoms with Crippen molar-refractivity contribution in [2.24, 2.45) is 0 Å². The molecule has 1 heterocycles. The van der Waals surface area contributed by atoms with Gasteiger partial charge in [-0.3, -0.25) is 9.59 Å². The van der Waals surface area contributed by atoms with Gasteiger partial charge >= 0.3 is 0 Å². The van der Waals surface area contributed by atoms with E-state index in [9.17, 15) is 9.59 Å². The van der Waals surface area contributed by atoms with Crippen molar-refractivity contribution in [3.05, 3.63) is 58.9 Å². The van der Waals surface area contributed by atoms with Gasteiger partial charge < -0.3 is 4.74 Å². The largest absolute Gasteiger partial charge is 0.478 e. The van der Waals surface area contributed by atoms with Crippen LogP contribution in [0.1, 0.15) is 41.0 Å². The number of ketones is 2. The molecule has 1 unspecified atom stereocenters. The molecular weight excluding hydrogens is 240 g/mol. The van der Waals surface area contributed by atoms with E-state index in [0.29, 0.717) is 23.1 Å². The van der Waals surface area contributed by atoms with Gasteiger partial charge in [-0.15, -0.1) is 0 Å². The normalized spacial score (nSPS) is 24.9. The quantitative estimate of drug-likeness (QED) is 0.723. The van der Waals surface area contributed by atoms with Gasteiger partial charge in [0.1, 0.15) is 5.60 Å². The minimum absolute atomic E-state index is 0.102. The second kappa shape index (κ2) is 3.67. The summed E-state index contributed by atoms with van der Waals surface area (Å²) in [6.45, 7) is 7.60. The lowest BCUT2D eigenvalue weighted by Gasteiger charge is -2.25. The molecule has 0 saturated carbocycles. The second-order valence-corrected chi connectivity index (χ2v) is 5.30. The fourth-order valence-corrected chi connectivity index (χ4v) is 2.51. The van der Waals surface area contributed by atoms with E-state index in [0.717, 1.165) is 5.57 Å². The first kappa shape index (κ1) is 11.9. The van der Waals surface area contributed by atoms with Crippen molar-refractivity contribution in [3.8, 4) is 0 Å². The van der Waals surface area contributed by atoms with Gasteiger partial charge in [0, 0.05) is 17.5 Å². The molecule has 1 aromatic rings. The fourth-order valence-electron chi connectivity index (χ4n) is 2.51. The number of carbonyl (C=O) groups excluding carboxylic acids is 2. The summed E-state index contributed by atoms with van der Waals surface area (Å²) in [5, 5.41) is 0. The molecule has 3 rings (SSSR count). The van der Waals surface area contributed by atoms with Crippen LogP contribution in [0.3, 0.4) is 0 Å². The van der Waals surface area contributed by atoms with E-state index in [2.05, 4.69) is 6.58 Å². The van der Waals surface area contributed by atoms with E-state index in [4.69, 9.17) is 4.74 Å². The zero-order valence-corrected chi connectivity index (χ0v) is 10.9. The van der Waals surface area contributed by atoms with Crippen molar-refractivity contribution in [1.29, 1.82) is 0 Å². The first-order valence-electron chi connectivity index (χ1n) is 6.20. The van der Waals surface area contributed by atoms with Gasteiger partial charge in [-0.1, -0.05) is 30.8 Å². The first-order valence-corrected chi connectivity index (χ1v) is 6.20. The number of carbonyl (C=O) groups is 2. The van der Waals surface area contributed by atoms with Crippen molar-refractivity contribution in [3.63, 3.8) is 0 Å². The Bertz CT molecular complexity index is 617. The summed E-state index contributed by atoms with van der Waals surface area (Å²) in [6.07, 6.45) is 0.413. The molecule has 1 aromatic carbocycles. The molecule has 0 bridgehead atoms. The van der Waals surface area contributed by atoms with E-state index in [-0.39, 0.29) is 17.3 Å². The van der Waals surface area contributed by atoms with Crippen molar-refractivity contribution in [1.82, 2.24) is 0 Å². The van der Waals surface area contributed by atoms with E-state index >= 15 is 0 Å². The Balaban J connectivity index is 2.12. The Labute approximate surface area is 111 Å². The highest BCUT2D eigenvalue weighted by molar-refractivity contribution is 6.26. The Morgan fingerprint density at radius 1 is 1.21 bits per heavy atom. The minimum Gasteiger partial charge on any atom is -0.478 e. The SMILES string of the molecule is C=C(C)C1(C)CC2=C(O1)C(=O)c1ccccc1C2=O. The van der Waals surface area contributed by atoms with Gasteiger partial charge in [0.2, 0.25) is 5.78 Å². The van der Waals surface area contributed by atoms with E-state index in [1.165, 1.54) is 0 Å². The van der Waals surface area contributed by atoms with Crippen molar-refractivity contribution in [2.45, 2.75) is 25.9 Å². The lowest BCUT2D eigenvalue weighted by Crippen LogP contribution is -2.25. The van der Waals surface area contributed by atoms with Crippen molar-refractivity contribution < 1.29 is 14.3 Å². The summed E-state index contributed by atoms with van der Waals surface area (Å²) >= 11 is 0. The molecular formula is C16H14O3. The maximum absolute atomic E-state index is 12.4. The third-order valence-corrected chi connectivity index (χ3v) is 3.91. The van der Waals surface area contributed by atoms with Crippen LogP contribution in [-0.4, -0.2) is 17.2 Å². The third-order valence-electron chi connectivity index (χ3n) is 3.91. The lowest BCUT2D eigenvalue weighted by molar-refractivity contribution is 0.0615. The number of rotatable bonds is 1. The molecule has 0 saturated heterocycles. The molecule has 1 atom stereocenters. The van der Waals surface area contributed by atoms with Gasteiger partial charge in [-0.05, 0) is 19.4 Å². The van der Waals surface area contributed by atoms with Crippen LogP contribution in [0.4, 0.5) is 0 Å². The molecule has 1 aliphatic heterocycles. The van der Waals surface area contributed by atoms with E-state index in [1.807, 2.05) is 13.8 Å². The predicted molar refractivity (Wildman–Crippen MR) is 71.1 cm³/mol. The standard InChI is InChI=1S/C16H14O3/c1-9(2)16(3)8-12-13(17)10-6-4-5-7-11(10)14(18)15(12)19-16/h4-7H,1,8H2,2-3H3. The number of ether oxygens (including phenoxy) is 1. The summed E-state index contributed by atoms with van der Waals surface area (Å²) in [6, 6.07) is 6.88. The Morgan fingerprint density at radius 2 is 1.79 bits per heavy atom. The van der Waals surface area contributed by atoms with Crippen LogP contribution >= 0.6 is 0 Å². The van der Waals surface area contributed by atoms with Crippen LogP contribution in [0.5, 0.6) is 0 Å². The summed E-state index contributed by atoms with van der Waals surface area (Å²) in [5.41, 5.74) is 1.54. The number of hydrogen-bond acceptors (Lipinski definition) is 3. The molecule has 19 heavy (non-hydrogen) atoms. The topological polar surface area (TPSA) is 43.4 Å². The van der Waals surface area contributed by atoms with Gasteiger partial charge in [-0.25, -0.2) is 0 Å². The van der Waals surface area contributed by atoms with Crippen LogP contribution in [0.15, 0.2) is 47.7 Å². The molecule has 0 spiro atoms. The first-order chi connectivity index (χ1) is 8.94. The summed E-state index contributed by atoms with van der Waals surface area (Å²) in [5.74, 6) is -0.0976. The molecule has 0 fully saturated rings. The maximum atomic E-state index is 12.4. The summed E-state index contributed by atoms with van der Waals surface area (Å²) in [4.78, 5) is 24.8. The number of hydrogen-bond donors (Lipinski definition) is 0. The van der Waals surface area contributed by atoms with Crippen LogP contribution in [-0.2, 0) is 4.74 Å². The van der Waals surface area contributed by atoms with Crippen molar-refractivity contribution >= 4 is 11.6 Å². The minimum atomic E-state index is -0.655. The van der Waals surface area contributed by atoms with Crippen LogP contribution in [0, 0.1) is 0 Å². The molecule has 0 radical (unpaired) electrons. The van der Waals surface area contributed by atoms with Gasteiger partial charge in [0.05, 0.1) is 5.57 Å². The highest BCUT2D eigenvalue weighted by Crippen LogP contribution is 2.43. The molecule has 0 amide bonds. The monoisotopic (exact) mass is 254 g/mol. The van der Waals surface area contributed by atoms with Gasteiger partial charge in [0.15, 0.2) is 11.5 Å². The van der Waals surface area contributed by atoms with Crippen LogP contribution < -0.4 is 0 Å². The zero-order chi connectivity index (χ0) is 13.8. The highest BCUT2D eigenvalue weighted by atomic mass is 16.5. The van der Waals surface area contributed by atoms with Crippen LogP contribution in [0.2, 0.25) is 0 Å². The van der Waals surface area contributed by atoms with E-state index in [1.54, 1.807) is 24.3 Å². The number of fused-ring (bicyclic) bond motifs is 1. The molecule has 3 heteroatoms. The second-order valence-electron chi connectivity index (χ2n) is 5.30. The van der Waals surface area contributed by atoms with Gasteiger partial charge in [-0.2, -0.15) is 0 Å². The molecule has 0 aromatic heterocycles. The molecule has 96 valence electrons. The van der Waals surface area contributed by atoms with Crippen molar-refractivity contribution in [2.75, 3.05) is 0 Å². The Hall–Kier alpha value is -2.16. The summed E-state index contributed by atoms with van der Waals surface area (Å²) in [7, 11) is 0. The smallest absolute Gasteiger partial charge is 0.228 e. The Morgan fingerprint density at radius 3 is 2.37 bits per heavy atom. The van der Waals surface area contributed by atoms with E-state index < -0.39 is 5.60 Å². The average Bonchev–Trinajstić information content (AvgIpc) is 2.76. The van der Waals surface area contributed by atoms with Gasteiger partial charge in [0.25, 0.3) is 0 Å². The summed E-state index contributed by atoms with van der Waals surface area (Å²) < 4.78 is 5.76. The lowest BCUT2D eigenvalue weighted by atomic mass is 9.84. The number of allylic oxidation sites excluding steroid dienone is 1. The highest BCUT2D eigenvalue weighted by Gasteiger charge is 2.46. The zero-order valence-electron chi connectivity index (χ0n) is 10.9.